The Morgan fingerprint density at radius 3 is 1.11 bits per heavy atom. The molecule has 16 rings (SSSR count). The molecule has 4 saturated heterocycles. The number of nitrogen functional groups attached to an aromatic ring is 4. The van der Waals surface area contributed by atoms with Gasteiger partial charge in [0.25, 0.3) is 11.8 Å². The van der Waals surface area contributed by atoms with Gasteiger partial charge in [-0.05, 0) is 148 Å². The number of carbonyl (C=O) groups excluding carboxylic acids is 7. The maximum absolute atomic E-state index is 14.7. The number of ketones is 4. The van der Waals surface area contributed by atoms with Crippen molar-refractivity contribution in [1.82, 2.24) is 55.0 Å². The van der Waals surface area contributed by atoms with Gasteiger partial charge in [0.1, 0.15) is 52.2 Å². The van der Waals surface area contributed by atoms with E-state index in [-0.39, 0.29) is 172 Å². The first-order valence-corrected chi connectivity index (χ1v) is 44.1. The van der Waals surface area contributed by atoms with Crippen LogP contribution < -0.4 is 70.8 Å². The van der Waals surface area contributed by atoms with E-state index in [1.165, 1.54) is 67.0 Å². The average Bonchev–Trinajstić information content (AvgIpc) is 0.794. The third-order valence-corrected chi connectivity index (χ3v) is 23.5. The number of piperidine rings is 2. The average molecular weight is 1860 g/mol. The van der Waals surface area contributed by atoms with Gasteiger partial charge in [0.15, 0.2) is 23.1 Å². The molecule has 37 heteroatoms. The fourth-order valence-electron chi connectivity index (χ4n) is 16.2. The maximum atomic E-state index is 14.7. The number of rotatable bonds is 25. The molecule has 0 spiro atoms. The monoisotopic (exact) mass is 1860 g/mol. The normalized spacial score (nSPS) is 15.8. The van der Waals surface area contributed by atoms with Crippen LogP contribution in [-0.2, 0) is 35.3 Å². The van der Waals surface area contributed by atoms with Gasteiger partial charge in [0.2, 0.25) is 11.8 Å². The number of nitrogens with one attached hydrogen (secondary N) is 1. The second kappa shape index (κ2) is 45.1. The first-order valence-electron chi connectivity index (χ1n) is 44.1. The second-order valence-corrected chi connectivity index (χ2v) is 33.2. The standard InChI is InChI=1S/C27H30F2N6O2.C25H27FN6O2.C24H25FN6O2.C23H22F3N5O/c1-15(2)33-27(37)16-3-4-19(28)18(11-16)23-6-5-21(30)26(34-23)25(36)12-17-13-32-9-7-24(17)35-10-8-20(29)22(31)14-35;26-19-4-2-1-3-18(19)21-6-5-20(28)25(30-21)23(33)15-17-16-29-10-8-22(17)31-11-13-32(14-12-31)24(34)7-9-27;25-18-4-2-1-3-17(18)20-6-5-19(27)24(29-20)22(32)13-16-15-28-8-7-21(16)30-9-11-31(12-10-30)23(33)14-26;24-16-4-2-1-3-15(16)18-6-5-17(27)22(30-18)20(32)11-14-12-29-9-7-19(14)31-10-8-23(25,26)21(28)13-31/h3-7,9,11,13,15,20,22H,8,10,12,14,30-31H2,1-2H3,(H,33,37);1-6,8,10,16H,7,9,11-15,27-28H2;1-8,15H,9-14,26-27H2;1-7,9,12,21H,8,10-11,13,27-28H2/t20-,22-;;;/m1.../s1. The van der Waals surface area contributed by atoms with E-state index < -0.39 is 47.4 Å². The molecule has 12 aromatic rings. The maximum Gasteiger partial charge on any atom is 0.266 e. The quantitative estimate of drug-likeness (QED) is 0.0189. The van der Waals surface area contributed by atoms with Crippen LogP contribution in [-0.4, -0.2) is 212 Å². The summed E-state index contributed by atoms with van der Waals surface area (Å²) in [5, 5.41) is 2.77. The molecule has 706 valence electrons. The Hall–Kier alpha value is -15.1. The Kier molecular flexibility index (Phi) is 32.6. The van der Waals surface area contributed by atoms with Crippen molar-refractivity contribution < 1.29 is 64.3 Å². The number of pyridine rings is 8. The van der Waals surface area contributed by atoms with Crippen LogP contribution >= 0.6 is 0 Å². The Labute approximate surface area is 780 Å². The van der Waals surface area contributed by atoms with Crippen LogP contribution in [0, 0.1) is 23.3 Å². The summed E-state index contributed by atoms with van der Waals surface area (Å²) in [4.78, 5) is 135. The molecule has 8 aromatic heterocycles. The molecule has 17 N–H and O–H groups in total. The number of nitrogens with zero attached hydrogens (tertiary/aromatic N) is 14. The zero-order valence-electron chi connectivity index (χ0n) is 74.7. The Morgan fingerprint density at radius 2 is 0.765 bits per heavy atom. The van der Waals surface area contributed by atoms with Crippen LogP contribution in [0.4, 0.5) is 76.2 Å². The highest BCUT2D eigenvalue weighted by Gasteiger charge is 2.43. The fourth-order valence-corrected chi connectivity index (χ4v) is 16.2. The van der Waals surface area contributed by atoms with E-state index in [9.17, 15) is 64.3 Å². The summed E-state index contributed by atoms with van der Waals surface area (Å²) in [7, 11) is 0. The number of carbonyl (C=O) groups is 7. The minimum absolute atomic E-state index is 0.00459. The number of piperazine rings is 2. The number of halogens is 7. The van der Waals surface area contributed by atoms with Crippen LogP contribution in [0.2, 0.25) is 0 Å². The van der Waals surface area contributed by atoms with E-state index in [2.05, 4.69) is 55.0 Å². The smallest absolute Gasteiger partial charge is 0.266 e. The summed E-state index contributed by atoms with van der Waals surface area (Å²) in [6, 6.07) is 40.2. The molecule has 0 bridgehead atoms. The lowest BCUT2D eigenvalue weighted by Crippen LogP contribution is -2.55. The van der Waals surface area contributed by atoms with Gasteiger partial charge in [-0.1, -0.05) is 36.4 Å². The Bertz CT molecular complexity index is 6350. The van der Waals surface area contributed by atoms with Crippen molar-refractivity contribution in [2.75, 3.05) is 134 Å². The van der Waals surface area contributed by atoms with Gasteiger partial charge in [-0.3, -0.25) is 53.5 Å². The van der Waals surface area contributed by atoms with Crippen molar-refractivity contribution in [3.05, 3.63) is 287 Å². The Balaban J connectivity index is 0.000000154. The lowest BCUT2D eigenvalue weighted by molar-refractivity contribution is -0.131. The van der Waals surface area contributed by atoms with Gasteiger partial charge in [-0.25, -0.2) is 50.7 Å². The predicted octanol–water partition coefficient (Wildman–Crippen LogP) is 11.0. The highest BCUT2D eigenvalue weighted by Crippen LogP contribution is 2.36. The van der Waals surface area contributed by atoms with Gasteiger partial charge in [-0.15, -0.1) is 0 Å². The molecule has 0 radical (unpaired) electrons. The van der Waals surface area contributed by atoms with Crippen LogP contribution in [0.5, 0.6) is 0 Å². The van der Waals surface area contributed by atoms with Gasteiger partial charge >= 0.3 is 0 Å². The minimum atomic E-state index is -2.93. The van der Waals surface area contributed by atoms with E-state index in [1.54, 1.807) is 144 Å². The Morgan fingerprint density at radius 1 is 0.419 bits per heavy atom. The summed E-state index contributed by atoms with van der Waals surface area (Å²) in [5.41, 5.74) is 55.9. The molecule has 3 amide bonds. The van der Waals surface area contributed by atoms with Crippen molar-refractivity contribution in [1.29, 1.82) is 0 Å². The molecule has 3 atom stereocenters. The molecule has 12 heterocycles. The lowest BCUT2D eigenvalue weighted by Gasteiger charge is -2.38. The highest BCUT2D eigenvalue weighted by molar-refractivity contribution is 6.04. The third kappa shape index (κ3) is 24.3. The predicted molar refractivity (Wildman–Crippen MR) is 508 cm³/mol. The summed E-state index contributed by atoms with van der Waals surface area (Å²) in [6.07, 6.45) is 12.1. The summed E-state index contributed by atoms with van der Waals surface area (Å²) in [5.74, 6) is -6.50. The van der Waals surface area contributed by atoms with Crippen molar-refractivity contribution in [3.8, 4) is 45.0 Å². The number of amides is 3. The first kappa shape index (κ1) is 98.4. The van der Waals surface area contributed by atoms with E-state index in [4.69, 9.17) is 45.9 Å². The summed E-state index contributed by atoms with van der Waals surface area (Å²) in [6.45, 7) is 9.68. The second-order valence-electron chi connectivity index (χ2n) is 33.2. The van der Waals surface area contributed by atoms with Crippen LogP contribution in [0.3, 0.4) is 0 Å². The van der Waals surface area contributed by atoms with Gasteiger partial charge in [0, 0.05) is 252 Å². The minimum Gasteiger partial charge on any atom is -0.397 e. The molecule has 4 aliphatic rings. The third-order valence-electron chi connectivity index (χ3n) is 23.5. The zero-order valence-corrected chi connectivity index (χ0v) is 74.7. The fraction of sp³-hybridized carbons (Fsp3) is 0.283. The van der Waals surface area contributed by atoms with E-state index in [0.717, 1.165) is 28.2 Å². The lowest BCUT2D eigenvalue weighted by atomic mass is 9.99. The van der Waals surface area contributed by atoms with E-state index >= 15 is 0 Å². The molecule has 4 fully saturated rings. The molecule has 4 aliphatic heterocycles. The topological polar surface area (TPSA) is 462 Å². The number of hydrogen-bond donors (Lipinski definition) is 9. The number of aromatic nitrogens is 8. The number of nitrogens with two attached hydrogens (primary N) is 8. The zero-order chi connectivity index (χ0) is 97.0. The SMILES string of the molecule is CC(C)NC(=O)c1ccc(F)c(-c2ccc(N)c(C(=O)Cc3cnccc3N3CC[C@@H](F)[C@H](N)C3)n2)c1.NCC(=O)N1CCN(c2ccncc2CC(=O)c2nc(-c3ccccc3F)ccc2N)CC1.NCCC(=O)N1CCN(c2ccncc2CC(=O)c2nc(-c3ccccc3F)ccc2N)CC1.Nc1ccc(-c2ccccc2F)nc1C(=O)Cc1cnccc1N1CCC(F)(F)C(N)C1. The van der Waals surface area contributed by atoms with Crippen molar-refractivity contribution in [2.24, 2.45) is 22.9 Å². The van der Waals surface area contributed by atoms with Gasteiger partial charge < -0.3 is 80.6 Å². The molecular formula is C99H104F7N23O7. The number of alkyl halides is 3. The van der Waals surface area contributed by atoms with Gasteiger partial charge in [0.05, 0.1) is 64.2 Å². The molecule has 136 heavy (non-hydrogen) atoms. The van der Waals surface area contributed by atoms with Crippen LogP contribution in [0.25, 0.3) is 45.0 Å². The number of benzene rings is 4. The molecular weight excluding hydrogens is 1760 g/mol. The molecule has 0 saturated carbocycles. The van der Waals surface area contributed by atoms with Crippen molar-refractivity contribution >= 4 is 86.4 Å². The largest absolute Gasteiger partial charge is 0.397 e. The van der Waals surface area contributed by atoms with Gasteiger partial charge in [-0.2, -0.15) is 0 Å². The number of anilines is 8. The summed E-state index contributed by atoms with van der Waals surface area (Å²) < 4.78 is 98.8. The van der Waals surface area contributed by atoms with E-state index in [1.807, 2.05) is 35.8 Å². The van der Waals surface area contributed by atoms with Crippen molar-refractivity contribution in [2.45, 2.75) is 89.0 Å². The number of Topliss-reactive ketones (excluding diaryl/α,β-unsaturated/α-hetero) is 4. The molecule has 0 aliphatic carbocycles. The van der Waals surface area contributed by atoms with E-state index in [0.29, 0.717) is 124 Å². The highest BCUT2D eigenvalue weighted by atomic mass is 19.3. The van der Waals surface area contributed by atoms with Crippen molar-refractivity contribution in [3.63, 3.8) is 0 Å². The molecule has 30 nitrogen and oxygen atoms in total. The molecule has 1 unspecified atom stereocenters. The first-order chi connectivity index (χ1) is 65.3. The number of hydrogen-bond acceptors (Lipinski definition) is 27. The van der Waals surface area contributed by atoms with Crippen LogP contribution in [0.15, 0.2) is 213 Å². The summed E-state index contributed by atoms with van der Waals surface area (Å²) >= 11 is 0. The molecule has 4 aromatic carbocycles. The van der Waals surface area contributed by atoms with Crippen LogP contribution in [0.1, 0.15) is 108 Å².